The molecule has 0 aliphatic rings. The van der Waals surface area contributed by atoms with Crippen LogP contribution in [0.2, 0.25) is 5.15 Å². The summed E-state index contributed by atoms with van der Waals surface area (Å²) < 4.78 is 0. The topological polar surface area (TPSA) is 88.2 Å². The number of hydrogen-bond donors (Lipinski definition) is 3. The first kappa shape index (κ1) is 13.7. The first-order valence-corrected chi connectivity index (χ1v) is 5.79. The normalized spacial score (nSPS) is 12.2. The molecular formula is C11H16ClN3O2. The lowest BCUT2D eigenvalue weighted by Crippen LogP contribution is -2.27. The molecule has 0 saturated carbocycles. The Hall–Kier alpha value is -1.33. The Morgan fingerprint density at radius 1 is 1.71 bits per heavy atom. The Bertz CT molecular complexity index is 398. The zero-order valence-electron chi connectivity index (χ0n) is 9.61. The zero-order valence-corrected chi connectivity index (χ0v) is 10.4. The predicted octanol–water partition coefficient (Wildman–Crippen LogP) is 1.21. The quantitative estimate of drug-likeness (QED) is 0.692. The minimum Gasteiger partial charge on any atom is -0.397 e. The Morgan fingerprint density at radius 3 is 3.06 bits per heavy atom. The summed E-state index contributed by atoms with van der Waals surface area (Å²) in [6.45, 7) is 2.28. The van der Waals surface area contributed by atoms with Gasteiger partial charge in [0, 0.05) is 6.54 Å². The maximum atomic E-state index is 11.7. The number of nitrogens with one attached hydrogen (secondary N) is 1. The van der Waals surface area contributed by atoms with Gasteiger partial charge in [0.25, 0.3) is 5.91 Å². The summed E-state index contributed by atoms with van der Waals surface area (Å²) in [7, 11) is 0. The number of amides is 1. The van der Waals surface area contributed by atoms with Gasteiger partial charge in [-0.25, -0.2) is 4.98 Å². The van der Waals surface area contributed by atoms with E-state index in [-0.39, 0.29) is 16.7 Å². The van der Waals surface area contributed by atoms with Gasteiger partial charge in [-0.3, -0.25) is 4.79 Å². The molecule has 5 nitrogen and oxygen atoms in total. The molecule has 94 valence electrons. The van der Waals surface area contributed by atoms with Crippen LogP contribution in [-0.4, -0.2) is 28.6 Å². The van der Waals surface area contributed by atoms with E-state index in [2.05, 4.69) is 10.3 Å². The summed E-state index contributed by atoms with van der Waals surface area (Å²) in [6.07, 6.45) is 2.13. The third-order valence-corrected chi connectivity index (χ3v) is 2.59. The minimum absolute atomic E-state index is 0.220. The van der Waals surface area contributed by atoms with Crippen LogP contribution >= 0.6 is 11.6 Å². The number of aromatic nitrogens is 1. The molecular weight excluding hydrogens is 242 g/mol. The first-order valence-electron chi connectivity index (χ1n) is 5.41. The molecule has 17 heavy (non-hydrogen) atoms. The van der Waals surface area contributed by atoms with Gasteiger partial charge in [-0.1, -0.05) is 18.5 Å². The number of pyridine rings is 1. The van der Waals surface area contributed by atoms with Gasteiger partial charge in [0.15, 0.2) is 0 Å². The lowest BCUT2D eigenvalue weighted by atomic mass is 10.2. The second-order valence-corrected chi connectivity index (χ2v) is 4.09. The fourth-order valence-corrected chi connectivity index (χ4v) is 1.45. The van der Waals surface area contributed by atoms with Crippen molar-refractivity contribution in [3.8, 4) is 0 Å². The van der Waals surface area contributed by atoms with Crippen LogP contribution in [-0.2, 0) is 0 Å². The second-order valence-electron chi connectivity index (χ2n) is 3.70. The average Bonchev–Trinajstić information content (AvgIpc) is 2.31. The molecule has 0 bridgehead atoms. The molecule has 0 radical (unpaired) electrons. The van der Waals surface area contributed by atoms with E-state index in [1.54, 1.807) is 0 Å². The van der Waals surface area contributed by atoms with Crippen LogP contribution in [0.3, 0.4) is 0 Å². The molecule has 0 aromatic carbocycles. The molecule has 1 rings (SSSR count). The third-order valence-electron chi connectivity index (χ3n) is 2.38. The Morgan fingerprint density at radius 2 is 2.41 bits per heavy atom. The van der Waals surface area contributed by atoms with Crippen molar-refractivity contribution in [3.63, 3.8) is 0 Å². The lowest BCUT2D eigenvalue weighted by Gasteiger charge is -2.10. The van der Waals surface area contributed by atoms with Crippen LogP contribution in [0.5, 0.6) is 0 Å². The molecule has 0 aliphatic heterocycles. The zero-order chi connectivity index (χ0) is 12.8. The van der Waals surface area contributed by atoms with Gasteiger partial charge in [-0.15, -0.1) is 0 Å². The summed E-state index contributed by atoms with van der Waals surface area (Å²) in [5.74, 6) is -0.310. The monoisotopic (exact) mass is 257 g/mol. The number of carbonyl (C=O) groups is 1. The number of rotatable bonds is 5. The third kappa shape index (κ3) is 4.20. The highest BCUT2D eigenvalue weighted by Crippen LogP contribution is 2.14. The van der Waals surface area contributed by atoms with Crippen LogP contribution in [0.15, 0.2) is 12.3 Å². The molecule has 0 spiro atoms. The van der Waals surface area contributed by atoms with Crippen LogP contribution in [0.4, 0.5) is 5.69 Å². The number of nitrogens with zero attached hydrogens (tertiary/aromatic N) is 1. The number of hydrogen-bond acceptors (Lipinski definition) is 4. The van der Waals surface area contributed by atoms with Gasteiger partial charge in [0.2, 0.25) is 0 Å². The van der Waals surface area contributed by atoms with Crippen LogP contribution in [0, 0.1) is 0 Å². The van der Waals surface area contributed by atoms with Crippen LogP contribution < -0.4 is 11.1 Å². The molecule has 4 N–H and O–H groups in total. The maximum Gasteiger partial charge on any atom is 0.253 e. The molecule has 1 atom stereocenters. The van der Waals surface area contributed by atoms with E-state index < -0.39 is 6.10 Å². The first-order chi connectivity index (χ1) is 8.04. The number of aliphatic hydroxyl groups excluding tert-OH is 1. The van der Waals surface area contributed by atoms with Crippen molar-refractivity contribution in [1.82, 2.24) is 10.3 Å². The van der Waals surface area contributed by atoms with E-state index >= 15 is 0 Å². The number of nitrogens with two attached hydrogens (primary N) is 1. The molecule has 6 heteroatoms. The predicted molar refractivity (Wildman–Crippen MR) is 66.9 cm³/mol. The van der Waals surface area contributed by atoms with Crippen molar-refractivity contribution < 1.29 is 9.90 Å². The van der Waals surface area contributed by atoms with Gasteiger partial charge in [-0.2, -0.15) is 0 Å². The second kappa shape index (κ2) is 6.42. The largest absolute Gasteiger partial charge is 0.397 e. The van der Waals surface area contributed by atoms with Gasteiger partial charge in [-0.05, 0) is 18.9 Å². The highest BCUT2D eigenvalue weighted by atomic mass is 35.5. The van der Waals surface area contributed by atoms with Crippen molar-refractivity contribution in [2.24, 2.45) is 0 Å². The average molecular weight is 258 g/mol. The molecule has 1 aromatic rings. The summed E-state index contributed by atoms with van der Waals surface area (Å²) >= 11 is 5.68. The Kier molecular flexibility index (Phi) is 5.18. The Labute approximate surface area is 105 Å². The van der Waals surface area contributed by atoms with E-state index in [0.717, 1.165) is 0 Å². The van der Waals surface area contributed by atoms with Gasteiger partial charge >= 0.3 is 0 Å². The van der Waals surface area contributed by atoms with E-state index in [1.165, 1.54) is 12.3 Å². The number of halogens is 1. The summed E-state index contributed by atoms with van der Waals surface area (Å²) in [6, 6.07) is 1.42. The SMILES string of the molecule is CCC(O)CCNC(=O)c1cc(Cl)ncc1N. The van der Waals surface area contributed by atoms with Crippen LogP contribution in [0.25, 0.3) is 0 Å². The fourth-order valence-electron chi connectivity index (χ4n) is 1.29. The molecule has 1 heterocycles. The van der Waals surface area contributed by atoms with Crippen molar-refractivity contribution >= 4 is 23.2 Å². The summed E-state index contributed by atoms with van der Waals surface area (Å²) in [5.41, 5.74) is 6.20. The molecule has 0 aliphatic carbocycles. The number of anilines is 1. The Balaban J connectivity index is 2.55. The van der Waals surface area contributed by atoms with Gasteiger partial charge in [0.1, 0.15) is 5.15 Å². The molecule has 1 aromatic heterocycles. The van der Waals surface area contributed by atoms with E-state index in [1.807, 2.05) is 6.92 Å². The molecule has 0 fully saturated rings. The standard InChI is InChI=1S/C11H16ClN3O2/c1-2-7(16)3-4-14-11(17)8-5-10(12)15-6-9(8)13/h5-7,16H,2-4,13H2,1H3,(H,14,17). The highest BCUT2D eigenvalue weighted by molar-refractivity contribution is 6.29. The van der Waals surface area contributed by atoms with Crippen molar-refractivity contribution in [1.29, 1.82) is 0 Å². The summed E-state index contributed by atoms with van der Waals surface area (Å²) in [4.78, 5) is 15.5. The molecule has 1 amide bonds. The van der Waals surface area contributed by atoms with E-state index in [4.69, 9.17) is 17.3 Å². The maximum absolute atomic E-state index is 11.7. The fraction of sp³-hybridized carbons (Fsp3) is 0.455. The highest BCUT2D eigenvalue weighted by Gasteiger charge is 2.11. The molecule has 0 saturated heterocycles. The van der Waals surface area contributed by atoms with E-state index in [0.29, 0.717) is 24.9 Å². The van der Waals surface area contributed by atoms with Gasteiger partial charge < -0.3 is 16.2 Å². The van der Waals surface area contributed by atoms with E-state index in [9.17, 15) is 9.90 Å². The van der Waals surface area contributed by atoms with Gasteiger partial charge in [0.05, 0.1) is 23.6 Å². The smallest absolute Gasteiger partial charge is 0.253 e. The lowest BCUT2D eigenvalue weighted by molar-refractivity contribution is 0.0943. The van der Waals surface area contributed by atoms with Crippen molar-refractivity contribution in [2.75, 3.05) is 12.3 Å². The number of nitrogen functional groups attached to an aromatic ring is 1. The number of aliphatic hydroxyl groups is 1. The van der Waals surface area contributed by atoms with Crippen LogP contribution in [0.1, 0.15) is 30.1 Å². The van der Waals surface area contributed by atoms with Crippen molar-refractivity contribution in [3.05, 3.63) is 23.0 Å². The summed E-state index contributed by atoms with van der Waals surface area (Å²) in [5, 5.41) is 12.2. The van der Waals surface area contributed by atoms with Crippen molar-refractivity contribution in [2.45, 2.75) is 25.9 Å². The molecule has 1 unspecified atom stereocenters. The minimum atomic E-state index is -0.395. The number of carbonyl (C=O) groups excluding carboxylic acids is 1.